The molecular formula is C15H28N2O2. The third-order valence-corrected chi connectivity index (χ3v) is 4.78. The van der Waals surface area contributed by atoms with Gasteiger partial charge in [0.1, 0.15) is 0 Å². The van der Waals surface area contributed by atoms with E-state index in [0.29, 0.717) is 25.1 Å². The minimum Gasteiger partial charge on any atom is -0.466 e. The van der Waals surface area contributed by atoms with Gasteiger partial charge in [0.05, 0.1) is 13.0 Å². The zero-order valence-corrected chi connectivity index (χ0v) is 12.6. The van der Waals surface area contributed by atoms with Crippen molar-refractivity contribution in [2.75, 3.05) is 20.2 Å². The second kappa shape index (κ2) is 6.23. The van der Waals surface area contributed by atoms with Crippen LogP contribution in [-0.4, -0.2) is 48.7 Å². The van der Waals surface area contributed by atoms with Crippen LogP contribution in [0, 0.1) is 0 Å². The van der Waals surface area contributed by atoms with Crippen molar-refractivity contribution in [3.8, 4) is 0 Å². The Morgan fingerprint density at radius 3 is 2.47 bits per heavy atom. The number of carbonyl (C=O) groups is 1. The average molecular weight is 268 g/mol. The molecule has 2 atom stereocenters. The van der Waals surface area contributed by atoms with Crippen LogP contribution in [0.4, 0.5) is 0 Å². The molecular weight excluding hydrogens is 240 g/mol. The highest BCUT2D eigenvalue weighted by molar-refractivity contribution is 5.71. The standard InChI is InChI=1S/C15H28N2O2/c1-4-8-16-15(11-14(18)19-5-2)9-12-6-7-13(10-15)17(12)3/h12-13,16H,4-11H2,1-3H3. The lowest BCUT2D eigenvalue weighted by atomic mass is 9.80. The first-order valence-corrected chi connectivity index (χ1v) is 7.73. The van der Waals surface area contributed by atoms with E-state index in [1.807, 2.05) is 6.92 Å². The monoisotopic (exact) mass is 268 g/mol. The van der Waals surface area contributed by atoms with Crippen molar-refractivity contribution in [3.05, 3.63) is 0 Å². The van der Waals surface area contributed by atoms with Crippen molar-refractivity contribution in [1.82, 2.24) is 10.2 Å². The maximum absolute atomic E-state index is 11.9. The number of ether oxygens (including phenoxy) is 1. The predicted molar refractivity (Wildman–Crippen MR) is 76.1 cm³/mol. The summed E-state index contributed by atoms with van der Waals surface area (Å²) in [6.45, 7) is 5.52. The molecule has 2 bridgehead atoms. The molecule has 19 heavy (non-hydrogen) atoms. The third kappa shape index (κ3) is 3.29. The lowest BCUT2D eigenvalue weighted by molar-refractivity contribution is -0.145. The number of fused-ring (bicyclic) bond motifs is 2. The van der Waals surface area contributed by atoms with E-state index in [2.05, 4.69) is 24.2 Å². The van der Waals surface area contributed by atoms with Gasteiger partial charge in [-0.1, -0.05) is 6.92 Å². The number of hydrogen-bond donors (Lipinski definition) is 1. The molecule has 2 unspecified atom stereocenters. The Morgan fingerprint density at radius 1 is 1.32 bits per heavy atom. The van der Waals surface area contributed by atoms with Crippen LogP contribution in [-0.2, 0) is 9.53 Å². The van der Waals surface area contributed by atoms with Crippen LogP contribution in [0.25, 0.3) is 0 Å². The van der Waals surface area contributed by atoms with Gasteiger partial charge in [-0.25, -0.2) is 0 Å². The largest absolute Gasteiger partial charge is 0.466 e. The van der Waals surface area contributed by atoms with Gasteiger partial charge in [-0.2, -0.15) is 0 Å². The number of nitrogens with zero attached hydrogens (tertiary/aromatic N) is 1. The van der Waals surface area contributed by atoms with Crippen molar-refractivity contribution in [3.63, 3.8) is 0 Å². The summed E-state index contributed by atoms with van der Waals surface area (Å²) < 4.78 is 5.17. The molecule has 4 nitrogen and oxygen atoms in total. The first-order valence-electron chi connectivity index (χ1n) is 7.73. The fraction of sp³-hybridized carbons (Fsp3) is 0.933. The fourth-order valence-corrected chi connectivity index (χ4v) is 3.80. The van der Waals surface area contributed by atoms with Gasteiger partial charge in [0.15, 0.2) is 0 Å². The smallest absolute Gasteiger partial charge is 0.307 e. The highest BCUT2D eigenvalue weighted by Crippen LogP contribution is 2.41. The van der Waals surface area contributed by atoms with E-state index in [9.17, 15) is 4.79 Å². The molecule has 2 fully saturated rings. The lowest BCUT2D eigenvalue weighted by Crippen LogP contribution is -2.57. The van der Waals surface area contributed by atoms with Gasteiger partial charge in [-0.3, -0.25) is 4.79 Å². The Balaban J connectivity index is 2.05. The molecule has 2 aliphatic rings. The van der Waals surface area contributed by atoms with E-state index in [1.165, 1.54) is 12.8 Å². The molecule has 0 radical (unpaired) electrons. The Kier molecular flexibility index (Phi) is 4.85. The molecule has 0 aliphatic carbocycles. The van der Waals surface area contributed by atoms with Crippen LogP contribution in [0.3, 0.4) is 0 Å². The molecule has 0 amide bonds. The number of nitrogens with one attached hydrogen (secondary N) is 1. The number of piperidine rings is 1. The Hall–Kier alpha value is -0.610. The van der Waals surface area contributed by atoms with Gasteiger partial charge in [0, 0.05) is 17.6 Å². The molecule has 110 valence electrons. The van der Waals surface area contributed by atoms with Crippen LogP contribution in [0.1, 0.15) is 52.4 Å². The summed E-state index contributed by atoms with van der Waals surface area (Å²) in [5.74, 6) is -0.0462. The maximum atomic E-state index is 11.9. The van der Waals surface area contributed by atoms with Gasteiger partial charge in [0.25, 0.3) is 0 Å². The topological polar surface area (TPSA) is 41.6 Å². The third-order valence-electron chi connectivity index (χ3n) is 4.78. The molecule has 0 saturated carbocycles. The van der Waals surface area contributed by atoms with Crippen LogP contribution < -0.4 is 5.32 Å². The van der Waals surface area contributed by atoms with Gasteiger partial charge in [-0.05, 0) is 52.6 Å². The van der Waals surface area contributed by atoms with Crippen LogP contribution in [0.15, 0.2) is 0 Å². The van der Waals surface area contributed by atoms with Gasteiger partial charge in [-0.15, -0.1) is 0 Å². The van der Waals surface area contributed by atoms with Crippen molar-refractivity contribution in [2.24, 2.45) is 0 Å². The Bertz CT molecular complexity index is 305. The zero-order valence-electron chi connectivity index (χ0n) is 12.6. The fourth-order valence-electron chi connectivity index (χ4n) is 3.80. The lowest BCUT2D eigenvalue weighted by Gasteiger charge is -2.45. The van der Waals surface area contributed by atoms with Crippen molar-refractivity contribution < 1.29 is 9.53 Å². The summed E-state index contributed by atoms with van der Waals surface area (Å²) in [7, 11) is 2.23. The molecule has 0 aromatic carbocycles. The quantitative estimate of drug-likeness (QED) is 0.748. The molecule has 0 spiro atoms. The molecule has 2 rings (SSSR count). The minimum atomic E-state index is -0.0462. The summed E-state index contributed by atoms with van der Waals surface area (Å²) in [4.78, 5) is 14.4. The molecule has 1 N–H and O–H groups in total. The van der Waals surface area contributed by atoms with Gasteiger partial charge in [0.2, 0.25) is 0 Å². The van der Waals surface area contributed by atoms with Crippen molar-refractivity contribution in [2.45, 2.75) is 70.0 Å². The predicted octanol–water partition coefficient (Wildman–Crippen LogP) is 1.93. The van der Waals surface area contributed by atoms with Crippen LogP contribution in [0.2, 0.25) is 0 Å². The normalized spacial score (nSPS) is 34.5. The highest BCUT2D eigenvalue weighted by Gasteiger charge is 2.47. The Labute approximate surface area is 116 Å². The van der Waals surface area contributed by atoms with E-state index in [4.69, 9.17) is 4.74 Å². The Morgan fingerprint density at radius 2 is 1.95 bits per heavy atom. The molecule has 0 aromatic heterocycles. The molecule has 2 heterocycles. The van der Waals surface area contributed by atoms with Crippen molar-refractivity contribution >= 4 is 5.97 Å². The number of rotatable bonds is 6. The molecule has 2 aliphatic heterocycles. The first kappa shape index (κ1) is 14.8. The van der Waals surface area contributed by atoms with E-state index < -0.39 is 0 Å². The zero-order chi connectivity index (χ0) is 13.9. The SMILES string of the molecule is CCCNC1(CC(=O)OCC)CC2CCC(C1)N2C. The minimum absolute atomic E-state index is 0.0272. The summed E-state index contributed by atoms with van der Waals surface area (Å²) in [6, 6.07) is 1.27. The van der Waals surface area contributed by atoms with Crippen molar-refractivity contribution in [1.29, 1.82) is 0 Å². The maximum Gasteiger partial charge on any atom is 0.307 e. The summed E-state index contributed by atoms with van der Waals surface area (Å²) >= 11 is 0. The van der Waals surface area contributed by atoms with E-state index >= 15 is 0 Å². The number of carbonyl (C=O) groups excluding carboxylic acids is 1. The average Bonchev–Trinajstić information content (AvgIpc) is 2.61. The highest BCUT2D eigenvalue weighted by atomic mass is 16.5. The van der Waals surface area contributed by atoms with Crippen LogP contribution in [0.5, 0.6) is 0 Å². The van der Waals surface area contributed by atoms with E-state index in [0.717, 1.165) is 25.8 Å². The first-order chi connectivity index (χ1) is 9.10. The number of hydrogen-bond acceptors (Lipinski definition) is 4. The second-order valence-electron chi connectivity index (χ2n) is 6.15. The van der Waals surface area contributed by atoms with Gasteiger partial charge < -0.3 is 15.0 Å². The number of esters is 1. The van der Waals surface area contributed by atoms with E-state index in [-0.39, 0.29) is 11.5 Å². The van der Waals surface area contributed by atoms with Crippen LogP contribution >= 0.6 is 0 Å². The second-order valence-corrected chi connectivity index (χ2v) is 6.15. The summed E-state index contributed by atoms with van der Waals surface area (Å²) in [5, 5.41) is 3.67. The molecule has 4 heteroatoms. The van der Waals surface area contributed by atoms with E-state index in [1.54, 1.807) is 0 Å². The summed E-state index contributed by atoms with van der Waals surface area (Å²) in [5.41, 5.74) is -0.0272. The summed E-state index contributed by atoms with van der Waals surface area (Å²) in [6.07, 6.45) is 6.36. The van der Waals surface area contributed by atoms with Gasteiger partial charge >= 0.3 is 5.97 Å². The molecule has 2 saturated heterocycles. The molecule has 0 aromatic rings.